The number of hydrogen-bond donors (Lipinski definition) is 2. The van der Waals surface area contributed by atoms with Gasteiger partial charge in [-0.1, -0.05) is 5.16 Å². The van der Waals surface area contributed by atoms with E-state index in [-0.39, 0.29) is 18.4 Å². The van der Waals surface area contributed by atoms with E-state index in [2.05, 4.69) is 10.5 Å². The molecule has 0 bridgehead atoms. The van der Waals surface area contributed by atoms with Crippen molar-refractivity contribution in [2.75, 3.05) is 19.0 Å². The molecule has 0 aliphatic heterocycles. The van der Waals surface area contributed by atoms with Gasteiger partial charge >= 0.3 is 0 Å². The van der Waals surface area contributed by atoms with Gasteiger partial charge in [0.05, 0.1) is 18.2 Å². The first-order chi connectivity index (χ1) is 7.15. The molecule has 0 radical (unpaired) electrons. The maximum Gasteiger partial charge on any atom is 0.231 e. The third-order valence-corrected chi connectivity index (χ3v) is 1.90. The quantitative estimate of drug-likeness (QED) is 0.733. The Kier molecular flexibility index (Phi) is 4.26. The van der Waals surface area contributed by atoms with Crippen molar-refractivity contribution in [2.45, 2.75) is 19.4 Å². The van der Waals surface area contributed by atoms with Crippen LogP contribution in [0.5, 0.6) is 0 Å². The second kappa shape index (κ2) is 5.47. The van der Waals surface area contributed by atoms with Crippen LogP contribution in [-0.2, 0) is 9.53 Å². The molecule has 0 fully saturated rings. The van der Waals surface area contributed by atoms with Crippen molar-refractivity contribution in [1.82, 2.24) is 5.16 Å². The van der Waals surface area contributed by atoms with E-state index >= 15 is 0 Å². The number of hydrogen-bond acceptors (Lipinski definition) is 5. The van der Waals surface area contributed by atoms with Gasteiger partial charge in [-0.25, -0.2) is 0 Å². The summed E-state index contributed by atoms with van der Waals surface area (Å²) in [6, 6.07) is 1.64. The third kappa shape index (κ3) is 3.69. The number of ether oxygens (including phenoxy) is 1. The maximum absolute atomic E-state index is 11.4. The molecule has 1 rings (SSSR count). The summed E-state index contributed by atoms with van der Waals surface area (Å²) in [5.41, 5.74) is 6.10. The fourth-order valence-electron chi connectivity index (χ4n) is 1.08. The molecule has 6 heteroatoms. The first-order valence-corrected chi connectivity index (χ1v) is 4.61. The van der Waals surface area contributed by atoms with Crippen molar-refractivity contribution in [3.05, 3.63) is 11.8 Å². The Morgan fingerprint density at radius 1 is 1.80 bits per heavy atom. The van der Waals surface area contributed by atoms with E-state index in [1.165, 1.54) is 7.11 Å². The van der Waals surface area contributed by atoms with Crippen LogP contribution in [0.1, 0.15) is 12.1 Å². The number of nitrogens with one attached hydrogen (secondary N) is 1. The van der Waals surface area contributed by atoms with Crippen molar-refractivity contribution in [3.8, 4) is 0 Å². The van der Waals surface area contributed by atoms with E-state index < -0.39 is 0 Å². The van der Waals surface area contributed by atoms with Crippen LogP contribution in [0.4, 0.5) is 5.88 Å². The van der Waals surface area contributed by atoms with E-state index in [9.17, 15) is 4.79 Å². The molecule has 1 unspecified atom stereocenters. The Morgan fingerprint density at radius 2 is 2.53 bits per heavy atom. The number of anilines is 1. The lowest BCUT2D eigenvalue weighted by molar-refractivity contribution is -0.118. The van der Waals surface area contributed by atoms with Crippen LogP contribution in [0.3, 0.4) is 0 Å². The van der Waals surface area contributed by atoms with Crippen molar-refractivity contribution >= 4 is 11.8 Å². The lowest BCUT2D eigenvalue weighted by Gasteiger charge is -2.11. The SMILES string of the molecule is COC(CN)CC(=O)Nc1cc(C)no1. The second-order valence-electron chi connectivity index (χ2n) is 3.18. The molecular weight excluding hydrogens is 198 g/mol. The van der Waals surface area contributed by atoms with Gasteiger partial charge in [0.2, 0.25) is 11.8 Å². The zero-order chi connectivity index (χ0) is 11.3. The number of amides is 1. The molecule has 0 aromatic carbocycles. The molecule has 15 heavy (non-hydrogen) atoms. The van der Waals surface area contributed by atoms with Crippen LogP contribution in [0.25, 0.3) is 0 Å². The first kappa shape index (κ1) is 11.7. The summed E-state index contributed by atoms with van der Waals surface area (Å²) in [5, 5.41) is 6.20. The molecule has 1 aromatic rings. The number of carbonyl (C=O) groups excluding carboxylic acids is 1. The highest BCUT2D eigenvalue weighted by atomic mass is 16.5. The molecule has 3 N–H and O–H groups in total. The minimum absolute atomic E-state index is 0.201. The van der Waals surface area contributed by atoms with Gasteiger partial charge in [0.15, 0.2) is 0 Å². The summed E-state index contributed by atoms with van der Waals surface area (Å²) in [7, 11) is 1.52. The third-order valence-electron chi connectivity index (χ3n) is 1.90. The summed E-state index contributed by atoms with van der Waals surface area (Å²) < 4.78 is 9.81. The van der Waals surface area contributed by atoms with Crippen molar-refractivity contribution < 1.29 is 14.1 Å². The van der Waals surface area contributed by atoms with E-state index in [0.29, 0.717) is 18.1 Å². The zero-order valence-electron chi connectivity index (χ0n) is 8.82. The smallest absolute Gasteiger partial charge is 0.231 e. The minimum Gasteiger partial charge on any atom is -0.380 e. The monoisotopic (exact) mass is 213 g/mol. The lowest BCUT2D eigenvalue weighted by Crippen LogP contribution is -2.28. The average molecular weight is 213 g/mol. The highest BCUT2D eigenvalue weighted by Gasteiger charge is 2.12. The number of nitrogens with zero attached hydrogens (tertiary/aromatic N) is 1. The highest BCUT2D eigenvalue weighted by molar-refractivity contribution is 5.89. The van der Waals surface area contributed by atoms with E-state index in [0.717, 1.165) is 0 Å². The summed E-state index contributed by atoms with van der Waals surface area (Å²) >= 11 is 0. The molecule has 6 nitrogen and oxygen atoms in total. The van der Waals surface area contributed by atoms with Gasteiger partial charge in [-0.15, -0.1) is 0 Å². The van der Waals surface area contributed by atoms with Crippen LogP contribution in [-0.4, -0.2) is 30.8 Å². The number of aromatic nitrogens is 1. The van der Waals surface area contributed by atoms with Gasteiger partial charge < -0.3 is 15.0 Å². The van der Waals surface area contributed by atoms with Gasteiger partial charge in [0, 0.05) is 19.7 Å². The fourth-order valence-corrected chi connectivity index (χ4v) is 1.08. The Morgan fingerprint density at radius 3 is 3.00 bits per heavy atom. The predicted octanol–water partition coefficient (Wildman–Crippen LogP) is 0.285. The summed E-state index contributed by atoms with van der Waals surface area (Å²) in [5.74, 6) is 0.132. The van der Waals surface area contributed by atoms with Gasteiger partial charge in [0.25, 0.3) is 0 Å². The van der Waals surface area contributed by atoms with Crippen molar-refractivity contribution in [2.24, 2.45) is 5.73 Å². The maximum atomic E-state index is 11.4. The van der Waals surface area contributed by atoms with Crippen LogP contribution >= 0.6 is 0 Å². The molecule has 0 aliphatic rings. The number of rotatable bonds is 5. The van der Waals surface area contributed by atoms with Gasteiger partial charge in [0.1, 0.15) is 0 Å². The molecule has 1 amide bonds. The molecular formula is C9H15N3O3. The van der Waals surface area contributed by atoms with Crippen LogP contribution in [0.15, 0.2) is 10.6 Å². The molecule has 0 saturated heterocycles. The van der Waals surface area contributed by atoms with Gasteiger partial charge in [-0.3, -0.25) is 10.1 Å². The van der Waals surface area contributed by atoms with Gasteiger partial charge in [-0.05, 0) is 6.92 Å². The van der Waals surface area contributed by atoms with E-state index in [4.69, 9.17) is 15.0 Å². The average Bonchev–Trinajstić information content (AvgIpc) is 2.60. The summed E-state index contributed by atoms with van der Waals surface area (Å²) in [6.45, 7) is 2.08. The summed E-state index contributed by atoms with van der Waals surface area (Å²) in [6.07, 6.45) is -0.0683. The molecule has 0 aliphatic carbocycles. The van der Waals surface area contributed by atoms with Crippen LogP contribution in [0.2, 0.25) is 0 Å². The molecule has 0 spiro atoms. The number of methoxy groups -OCH3 is 1. The minimum atomic E-state index is -0.269. The van der Waals surface area contributed by atoms with Gasteiger partial charge in [-0.2, -0.15) is 0 Å². The highest BCUT2D eigenvalue weighted by Crippen LogP contribution is 2.09. The Labute approximate surface area is 87.8 Å². The number of carbonyl (C=O) groups is 1. The van der Waals surface area contributed by atoms with Crippen molar-refractivity contribution in [1.29, 1.82) is 0 Å². The van der Waals surface area contributed by atoms with Crippen LogP contribution in [0, 0.1) is 6.92 Å². The topological polar surface area (TPSA) is 90.4 Å². The van der Waals surface area contributed by atoms with E-state index in [1.54, 1.807) is 13.0 Å². The van der Waals surface area contributed by atoms with Crippen molar-refractivity contribution in [3.63, 3.8) is 0 Å². The second-order valence-corrected chi connectivity index (χ2v) is 3.18. The number of aryl methyl sites for hydroxylation is 1. The largest absolute Gasteiger partial charge is 0.380 e. The predicted molar refractivity (Wildman–Crippen MR) is 54.3 cm³/mol. The Balaban J connectivity index is 2.42. The first-order valence-electron chi connectivity index (χ1n) is 4.61. The standard InChI is InChI=1S/C9H15N3O3/c1-6-3-9(15-12-6)11-8(13)4-7(5-10)14-2/h3,7H,4-5,10H2,1-2H3,(H,11,13). The lowest BCUT2D eigenvalue weighted by atomic mass is 10.2. The van der Waals surface area contributed by atoms with E-state index in [1.807, 2.05) is 0 Å². The van der Waals surface area contributed by atoms with Crippen LogP contribution < -0.4 is 11.1 Å². The molecule has 0 saturated carbocycles. The fraction of sp³-hybridized carbons (Fsp3) is 0.556. The molecule has 1 aromatic heterocycles. The summed E-state index contributed by atoms with van der Waals surface area (Å²) in [4.78, 5) is 11.4. The molecule has 1 atom stereocenters. The Hall–Kier alpha value is -1.40. The molecule has 84 valence electrons. The Bertz CT molecular complexity index is 320. The normalized spacial score (nSPS) is 12.5. The number of nitrogens with two attached hydrogens (primary N) is 1. The molecule has 1 heterocycles. The zero-order valence-corrected chi connectivity index (χ0v) is 8.82.